The molecule has 3 aliphatic rings. The zero-order chi connectivity index (χ0) is 23.0. The second-order valence-corrected chi connectivity index (χ2v) is 11.4. The second-order valence-electron chi connectivity index (χ2n) is 11.4. The molecular weight excluding hydrogens is 388 g/mol. The molecule has 0 spiro atoms. The molecule has 3 rings (SSSR count). The van der Waals surface area contributed by atoms with E-state index in [1.54, 1.807) is 13.8 Å². The van der Waals surface area contributed by atoms with Gasteiger partial charge in [-0.05, 0) is 100 Å². The van der Waals surface area contributed by atoms with Crippen LogP contribution in [0.5, 0.6) is 0 Å². The predicted octanol–water partition coefficient (Wildman–Crippen LogP) is 4.68. The minimum absolute atomic E-state index is 0.213. The van der Waals surface area contributed by atoms with Crippen LogP contribution in [0.3, 0.4) is 0 Å². The van der Waals surface area contributed by atoms with Gasteiger partial charge in [-0.25, -0.2) is 0 Å². The van der Waals surface area contributed by atoms with Gasteiger partial charge in [0.05, 0.1) is 17.8 Å². The van der Waals surface area contributed by atoms with Gasteiger partial charge in [-0.15, -0.1) is 0 Å². The Morgan fingerprint density at radius 3 is 2.55 bits per heavy atom. The lowest BCUT2D eigenvalue weighted by Crippen LogP contribution is -2.46. The van der Waals surface area contributed by atoms with Gasteiger partial charge in [0.25, 0.3) is 0 Å². The number of aliphatic hydroxyl groups is 4. The summed E-state index contributed by atoms with van der Waals surface area (Å²) in [5, 5.41) is 40.9. The Bertz CT molecular complexity index is 715. The summed E-state index contributed by atoms with van der Waals surface area (Å²) in [5.41, 5.74) is 2.81. The SMILES string of the molecule is C=C1CC[C@H](O)C/C1=C\C=C1/CCC[C@]2(C)[C@@H]([C@H](C)C[C@H](O)C(O)C(C)(C)O)CC[C@@H]12. The minimum Gasteiger partial charge on any atom is -0.393 e. The molecule has 31 heavy (non-hydrogen) atoms. The van der Waals surface area contributed by atoms with Crippen molar-refractivity contribution in [3.63, 3.8) is 0 Å². The molecule has 4 heteroatoms. The van der Waals surface area contributed by atoms with Crippen LogP contribution in [-0.4, -0.2) is 44.3 Å². The quantitative estimate of drug-likeness (QED) is 0.491. The van der Waals surface area contributed by atoms with Crippen LogP contribution < -0.4 is 0 Å². The lowest BCUT2D eigenvalue weighted by molar-refractivity contribution is -0.113. The Labute approximate surface area is 188 Å². The molecule has 0 heterocycles. The molecule has 0 aliphatic heterocycles. The maximum absolute atomic E-state index is 10.5. The standard InChI is InChI=1S/C27H44O4/c1-17-8-11-21(28)16-20(17)10-9-19-7-6-14-27(5)22(12-13-23(19)27)18(2)15-24(29)25(30)26(3,4)31/h9-10,18,21-25,28-31H,1,6-8,11-16H2,2-5H3/b19-9+,20-10+/t18-,21+,22-,23+,24+,25?,27-/m1/s1. The Morgan fingerprint density at radius 2 is 1.87 bits per heavy atom. The Morgan fingerprint density at radius 1 is 1.16 bits per heavy atom. The lowest BCUT2D eigenvalue weighted by atomic mass is 9.60. The smallest absolute Gasteiger partial charge is 0.108 e. The van der Waals surface area contributed by atoms with Gasteiger partial charge < -0.3 is 20.4 Å². The van der Waals surface area contributed by atoms with Gasteiger partial charge >= 0.3 is 0 Å². The fourth-order valence-corrected chi connectivity index (χ4v) is 6.75. The number of allylic oxidation sites excluding steroid dienone is 4. The van der Waals surface area contributed by atoms with Crippen molar-refractivity contribution in [2.45, 2.75) is 109 Å². The zero-order valence-corrected chi connectivity index (χ0v) is 20.0. The van der Waals surface area contributed by atoms with Crippen molar-refractivity contribution in [1.82, 2.24) is 0 Å². The summed E-state index contributed by atoms with van der Waals surface area (Å²) in [6.07, 6.45) is 11.0. The van der Waals surface area contributed by atoms with Crippen LogP contribution in [0.1, 0.15) is 85.5 Å². The number of hydrogen-bond donors (Lipinski definition) is 4. The molecule has 0 aromatic carbocycles. The Hall–Kier alpha value is -0.940. The van der Waals surface area contributed by atoms with Crippen LogP contribution in [-0.2, 0) is 0 Å². The molecule has 7 atom stereocenters. The van der Waals surface area contributed by atoms with Gasteiger partial charge in [0.1, 0.15) is 6.10 Å². The summed E-state index contributed by atoms with van der Waals surface area (Å²) in [4.78, 5) is 0. The van der Waals surface area contributed by atoms with E-state index < -0.39 is 17.8 Å². The van der Waals surface area contributed by atoms with E-state index in [1.165, 1.54) is 30.4 Å². The number of hydrogen-bond acceptors (Lipinski definition) is 4. The second kappa shape index (κ2) is 9.51. The summed E-state index contributed by atoms with van der Waals surface area (Å²) in [6, 6.07) is 0. The molecule has 0 saturated heterocycles. The van der Waals surface area contributed by atoms with Gasteiger partial charge in [0.15, 0.2) is 0 Å². The maximum atomic E-state index is 10.5. The molecule has 3 aliphatic carbocycles. The van der Waals surface area contributed by atoms with Crippen molar-refractivity contribution >= 4 is 0 Å². The molecule has 0 bridgehead atoms. The van der Waals surface area contributed by atoms with Crippen molar-refractivity contribution in [3.05, 3.63) is 35.5 Å². The number of fused-ring (bicyclic) bond motifs is 1. The van der Waals surface area contributed by atoms with Gasteiger partial charge in [0, 0.05) is 0 Å². The largest absolute Gasteiger partial charge is 0.393 e. The van der Waals surface area contributed by atoms with E-state index in [1.807, 2.05) is 0 Å². The molecule has 4 N–H and O–H groups in total. The van der Waals surface area contributed by atoms with E-state index in [9.17, 15) is 20.4 Å². The number of aliphatic hydroxyl groups excluding tert-OH is 3. The van der Waals surface area contributed by atoms with E-state index in [0.717, 1.165) is 31.3 Å². The van der Waals surface area contributed by atoms with E-state index in [4.69, 9.17) is 0 Å². The first-order chi connectivity index (χ1) is 14.4. The molecule has 1 unspecified atom stereocenters. The van der Waals surface area contributed by atoms with Crippen LogP contribution in [0.25, 0.3) is 0 Å². The van der Waals surface area contributed by atoms with Crippen LogP contribution >= 0.6 is 0 Å². The third kappa shape index (κ3) is 5.35. The summed E-state index contributed by atoms with van der Waals surface area (Å²) >= 11 is 0. The van der Waals surface area contributed by atoms with E-state index in [2.05, 4.69) is 32.6 Å². The topological polar surface area (TPSA) is 80.9 Å². The Balaban J connectivity index is 1.72. The summed E-state index contributed by atoms with van der Waals surface area (Å²) in [5.74, 6) is 1.35. The first-order valence-electron chi connectivity index (χ1n) is 12.3. The van der Waals surface area contributed by atoms with Crippen molar-refractivity contribution in [1.29, 1.82) is 0 Å². The van der Waals surface area contributed by atoms with Gasteiger partial charge in [-0.2, -0.15) is 0 Å². The minimum atomic E-state index is -1.30. The van der Waals surface area contributed by atoms with Crippen molar-refractivity contribution < 1.29 is 20.4 Å². The van der Waals surface area contributed by atoms with Crippen molar-refractivity contribution in [2.24, 2.45) is 23.2 Å². The zero-order valence-electron chi connectivity index (χ0n) is 20.0. The van der Waals surface area contributed by atoms with Crippen LogP contribution in [0, 0.1) is 23.2 Å². The van der Waals surface area contributed by atoms with Crippen LogP contribution in [0.15, 0.2) is 35.5 Å². The summed E-state index contributed by atoms with van der Waals surface area (Å²) in [6.45, 7) is 11.9. The molecule has 0 amide bonds. The van der Waals surface area contributed by atoms with E-state index >= 15 is 0 Å². The maximum Gasteiger partial charge on any atom is 0.108 e. The highest BCUT2D eigenvalue weighted by Crippen LogP contribution is 2.60. The summed E-state index contributed by atoms with van der Waals surface area (Å²) in [7, 11) is 0. The highest BCUT2D eigenvalue weighted by atomic mass is 16.4. The van der Waals surface area contributed by atoms with Crippen molar-refractivity contribution in [3.8, 4) is 0 Å². The van der Waals surface area contributed by atoms with Crippen molar-refractivity contribution in [2.75, 3.05) is 0 Å². The third-order valence-corrected chi connectivity index (χ3v) is 8.61. The van der Waals surface area contributed by atoms with Gasteiger partial charge in [-0.1, -0.05) is 43.7 Å². The van der Waals surface area contributed by atoms with Gasteiger partial charge in [0.2, 0.25) is 0 Å². The van der Waals surface area contributed by atoms with E-state index in [0.29, 0.717) is 24.7 Å². The fourth-order valence-electron chi connectivity index (χ4n) is 6.75. The molecule has 0 aromatic heterocycles. The van der Waals surface area contributed by atoms with Crippen LogP contribution in [0.2, 0.25) is 0 Å². The fraction of sp³-hybridized carbons (Fsp3) is 0.778. The monoisotopic (exact) mass is 432 g/mol. The van der Waals surface area contributed by atoms with Crippen LogP contribution in [0.4, 0.5) is 0 Å². The average Bonchev–Trinajstić information content (AvgIpc) is 3.04. The lowest BCUT2D eigenvalue weighted by Gasteiger charge is -2.45. The highest BCUT2D eigenvalue weighted by molar-refractivity contribution is 5.36. The number of rotatable bonds is 6. The molecular formula is C27H44O4. The molecule has 3 fully saturated rings. The normalized spacial score (nSPS) is 37.7. The third-order valence-electron chi connectivity index (χ3n) is 8.61. The Kier molecular flexibility index (Phi) is 7.57. The highest BCUT2D eigenvalue weighted by Gasteiger charge is 2.51. The molecule has 176 valence electrons. The first kappa shape index (κ1) is 24.7. The predicted molar refractivity (Wildman–Crippen MR) is 125 cm³/mol. The van der Waals surface area contributed by atoms with Gasteiger partial charge in [-0.3, -0.25) is 0 Å². The van der Waals surface area contributed by atoms with E-state index in [-0.39, 0.29) is 17.4 Å². The molecule has 0 aromatic rings. The molecule has 0 radical (unpaired) electrons. The first-order valence-corrected chi connectivity index (χ1v) is 12.3. The molecule has 3 saturated carbocycles. The molecule has 4 nitrogen and oxygen atoms in total. The average molecular weight is 433 g/mol. The summed E-state index contributed by atoms with van der Waals surface area (Å²) < 4.78 is 0.